The Labute approximate surface area is 102 Å². The highest BCUT2D eigenvalue weighted by Gasteiger charge is 2.17. The number of carbonyl (C=O) groups is 1. The lowest BCUT2D eigenvalue weighted by Gasteiger charge is -1.97. The molecule has 0 radical (unpaired) electrons. The summed E-state index contributed by atoms with van der Waals surface area (Å²) in [6, 6.07) is 1.83. The van der Waals surface area contributed by atoms with Crippen molar-refractivity contribution in [2.24, 2.45) is 0 Å². The van der Waals surface area contributed by atoms with Crippen LogP contribution in [0.4, 0.5) is 0 Å². The first kappa shape index (κ1) is 11.6. The van der Waals surface area contributed by atoms with Gasteiger partial charge in [-0.15, -0.1) is 16.4 Å². The van der Waals surface area contributed by atoms with Gasteiger partial charge >= 0.3 is 5.97 Å². The van der Waals surface area contributed by atoms with Crippen molar-refractivity contribution in [1.29, 1.82) is 0 Å². The van der Waals surface area contributed by atoms with Gasteiger partial charge in [-0.05, 0) is 18.4 Å². The topological polar surface area (TPSA) is 77.1 Å². The molecule has 0 aromatic carbocycles. The highest BCUT2D eigenvalue weighted by atomic mass is 32.1. The van der Waals surface area contributed by atoms with E-state index in [0.717, 1.165) is 4.88 Å². The minimum absolute atomic E-state index is 0.0253. The molecule has 0 bridgehead atoms. The fourth-order valence-electron chi connectivity index (χ4n) is 1.28. The van der Waals surface area contributed by atoms with E-state index >= 15 is 0 Å². The van der Waals surface area contributed by atoms with Gasteiger partial charge in [0.2, 0.25) is 0 Å². The van der Waals surface area contributed by atoms with Gasteiger partial charge in [-0.1, -0.05) is 0 Å². The van der Waals surface area contributed by atoms with Crippen molar-refractivity contribution in [1.82, 2.24) is 15.2 Å². The number of rotatable bonds is 4. The fourth-order valence-corrected chi connectivity index (χ4v) is 2.08. The third-order valence-electron chi connectivity index (χ3n) is 2.01. The molecule has 2 heterocycles. The molecular weight excluding hydrogens is 242 g/mol. The van der Waals surface area contributed by atoms with Crippen molar-refractivity contribution in [3.63, 3.8) is 0 Å². The van der Waals surface area contributed by atoms with E-state index < -0.39 is 5.97 Å². The number of aromatic amines is 1. The lowest BCUT2D eigenvalue weighted by atomic mass is 10.4. The molecule has 2 aromatic heterocycles. The van der Waals surface area contributed by atoms with E-state index in [1.54, 1.807) is 14.0 Å². The normalized spacial score (nSPS) is 10.2. The van der Waals surface area contributed by atoms with Gasteiger partial charge in [0, 0.05) is 0 Å². The zero-order chi connectivity index (χ0) is 12.3. The first-order chi connectivity index (χ1) is 8.26. The molecule has 0 atom stereocenters. The molecular formula is C10H11N3O3S. The van der Waals surface area contributed by atoms with Crippen LogP contribution in [0, 0.1) is 0 Å². The van der Waals surface area contributed by atoms with Gasteiger partial charge in [0.1, 0.15) is 10.6 Å². The van der Waals surface area contributed by atoms with E-state index in [2.05, 4.69) is 15.2 Å². The largest absolute Gasteiger partial charge is 0.495 e. The Morgan fingerprint density at radius 1 is 1.59 bits per heavy atom. The Morgan fingerprint density at radius 3 is 3.12 bits per heavy atom. The molecule has 90 valence electrons. The van der Waals surface area contributed by atoms with Crippen LogP contribution in [0.3, 0.4) is 0 Å². The number of nitrogens with one attached hydrogen (secondary N) is 1. The summed E-state index contributed by atoms with van der Waals surface area (Å²) in [6.07, 6.45) is 0. The zero-order valence-corrected chi connectivity index (χ0v) is 10.2. The van der Waals surface area contributed by atoms with Gasteiger partial charge in [0.15, 0.2) is 5.82 Å². The zero-order valence-electron chi connectivity index (χ0n) is 9.39. The summed E-state index contributed by atoms with van der Waals surface area (Å²) < 4.78 is 9.97. The number of hydrogen-bond donors (Lipinski definition) is 1. The lowest BCUT2D eigenvalue weighted by Crippen LogP contribution is -2.06. The number of hydrogen-bond acceptors (Lipinski definition) is 6. The van der Waals surface area contributed by atoms with Crippen molar-refractivity contribution in [3.05, 3.63) is 17.3 Å². The summed E-state index contributed by atoms with van der Waals surface area (Å²) >= 11 is 1.45. The molecule has 0 unspecified atom stereocenters. The maximum Gasteiger partial charge on any atom is 0.378 e. The van der Waals surface area contributed by atoms with E-state index in [-0.39, 0.29) is 5.82 Å². The highest BCUT2D eigenvalue weighted by molar-refractivity contribution is 7.13. The van der Waals surface area contributed by atoms with Crippen LogP contribution in [-0.2, 0) is 4.74 Å². The van der Waals surface area contributed by atoms with E-state index in [9.17, 15) is 4.79 Å². The Morgan fingerprint density at radius 2 is 2.41 bits per heavy atom. The van der Waals surface area contributed by atoms with Crippen LogP contribution in [0.2, 0.25) is 0 Å². The number of aromatic nitrogens is 3. The molecule has 17 heavy (non-hydrogen) atoms. The summed E-state index contributed by atoms with van der Waals surface area (Å²) in [7, 11) is 1.58. The van der Waals surface area contributed by atoms with Crippen molar-refractivity contribution in [3.8, 4) is 16.5 Å². The molecule has 6 nitrogen and oxygen atoms in total. The number of carbonyl (C=O) groups excluding carboxylic acids is 1. The number of thiophene rings is 1. The van der Waals surface area contributed by atoms with Gasteiger partial charge in [-0.2, -0.15) is 0 Å². The molecule has 0 aliphatic rings. The monoisotopic (exact) mass is 253 g/mol. The quantitative estimate of drug-likeness (QED) is 0.839. The second-order valence-corrected chi connectivity index (χ2v) is 3.96. The van der Waals surface area contributed by atoms with Gasteiger partial charge in [0.25, 0.3) is 5.82 Å². The van der Waals surface area contributed by atoms with Gasteiger partial charge < -0.3 is 9.47 Å². The maximum absolute atomic E-state index is 11.4. The summed E-state index contributed by atoms with van der Waals surface area (Å²) in [5, 5.41) is 8.37. The second kappa shape index (κ2) is 4.96. The van der Waals surface area contributed by atoms with E-state index in [4.69, 9.17) is 9.47 Å². The molecule has 2 aromatic rings. The van der Waals surface area contributed by atoms with E-state index in [1.165, 1.54) is 11.3 Å². The van der Waals surface area contributed by atoms with Crippen LogP contribution >= 0.6 is 11.3 Å². The first-order valence-corrected chi connectivity index (χ1v) is 5.85. The van der Waals surface area contributed by atoms with Gasteiger partial charge in [0.05, 0.1) is 13.7 Å². The Balaban J connectivity index is 2.27. The van der Waals surface area contributed by atoms with Crippen molar-refractivity contribution in [2.45, 2.75) is 6.92 Å². The number of methoxy groups -OCH3 is 1. The first-order valence-electron chi connectivity index (χ1n) is 4.97. The summed E-state index contributed by atoms with van der Waals surface area (Å²) in [5.74, 6) is 0.685. The van der Waals surface area contributed by atoms with Crippen molar-refractivity contribution >= 4 is 17.3 Å². The molecule has 0 amide bonds. The van der Waals surface area contributed by atoms with Crippen LogP contribution in [0.1, 0.15) is 17.5 Å². The summed E-state index contributed by atoms with van der Waals surface area (Å²) in [6.45, 7) is 2.03. The molecule has 0 saturated heterocycles. The predicted octanol–water partition coefficient (Wildman–Crippen LogP) is 1.72. The third kappa shape index (κ3) is 2.28. The predicted molar refractivity (Wildman–Crippen MR) is 62.2 cm³/mol. The number of esters is 1. The standard InChI is InChI=1S/C10H11N3O3S/c1-3-16-10(14)9-11-8(12-13-9)7-6(15-2)4-5-17-7/h4-5H,3H2,1-2H3,(H,11,12,13). The lowest BCUT2D eigenvalue weighted by molar-refractivity contribution is 0.0512. The van der Waals surface area contributed by atoms with Gasteiger partial charge in [-0.3, -0.25) is 5.10 Å². The van der Waals surface area contributed by atoms with Crippen LogP contribution in [0.15, 0.2) is 11.4 Å². The van der Waals surface area contributed by atoms with E-state index in [1.807, 2.05) is 11.4 Å². The second-order valence-electron chi connectivity index (χ2n) is 3.05. The minimum Gasteiger partial charge on any atom is -0.495 e. The summed E-state index contributed by atoms with van der Waals surface area (Å²) in [4.78, 5) is 16.3. The molecule has 0 aliphatic carbocycles. The van der Waals surface area contributed by atoms with E-state index in [0.29, 0.717) is 18.2 Å². The molecule has 0 saturated carbocycles. The highest BCUT2D eigenvalue weighted by Crippen LogP contribution is 2.32. The molecule has 0 aliphatic heterocycles. The van der Waals surface area contributed by atoms with Crippen molar-refractivity contribution < 1.29 is 14.3 Å². The molecule has 0 spiro atoms. The van der Waals surface area contributed by atoms with Crippen LogP contribution in [0.5, 0.6) is 5.75 Å². The molecule has 2 rings (SSSR count). The fraction of sp³-hybridized carbons (Fsp3) is 0.300. The average molecular weight is 253 g/mol. The van der Waals surface area contributed by atoms with Crippen molar-refractivity contribution in [2.75, 3.05) is 13.7 Å². The van der Waals surface area contributed by atoms with Gasteiger partial charge in [-0.25, -0.2) is 9.78 Å². The Hall–Kier alpha value is -1.89. The molecule has 1 N–H and O–H groups in total. The average Bonchev–Trinajstić information content (AvgIpc) is 2.97. The number of ether oxygens (including phenoxy) is 2. The minimum atomic E-state index is -0.537. The SMILES string of the molecule is CCOC(=O)c1n[nH]c(-c2sccc2OC)n1. The maximum atomic E-state index is 11.4. The van der Waals surface area contributed by atoms with Crippen LogP contribution < -0.4 is 4.74 Å². The third-order valence-corrected chi connectivity index (χ3v) is 2.91. The molecule has 7 heteroatoms. The Bertz CT molecular complexity index is 520. The number of H-pyrrole nitrogens is 1. The van der Waals surface area contributed by atoms with Crippen LogP contribution in [-0.4, -0.2) is 34.9 Å². The molecule has 0 fully saturated rings. The summed E-state index contributed by atoms with van der Waals surface area (Å²) in [5.41, 5.74) is 0. The Kier molecular flexibility index (Phi) is 3.38. The smallest absolute Gasteiger partial charge is 0.378 e. The van der Waals surface area contributed by atoms with Crippen LogP contribution in [0.25, 0.3) is 10.7 Å². The number of nitrogens with zero attached hydrogens (tertiary/aromatic N) is 2.